The highest BCUT2D eigenvalue weighted by molar-refractivity contribution is 5.83. The summed E-state index contributed by atoms with van der Waals surface area (Å²) in [6.45, 7) is 3.59. The number of hydrogen-bond donors (Lipinski definition) is 4. The Morgan fingerprint density at radius 3 is 2.58 bits per heavy atom. The lowest BCUT2D eigenvalue weighted by Crippen LogP contribution is -2.46. The number of carbonyl (C=O) groups is 3. The number of aliphatic carboxylic acids is 1. The predicted octanol–water partition coefficient (Wildman–Crippen LogP) is -0.0164. The van der Waals surface area contributed by atoms with Gasteiger partial charge in [0.25, 0.3) is 0 Å². The molecule has 1 atom stereocenters. The number of amides is 3. The fraction of sp³-hybridized carbons (Fsp3) is 0.583. The molecule has 7 heteroatoms. The molecular formula is C12H19N3O4. The van der Waals surface area contributed by atoms with Crippen molar-refractivity contribution in [2.24, 2.45) is 0 Å². The van der Waals surface area contributed by atoms with Gasteiger partial charge in [0.05, 0.1) is 0 Å². The van der Waals surface area contributed by atoms with Crippen LogP contribution in [0.1, 0.15) is 25.7 Å². The van der Waals surface area contributed by atoms with E-state index in [0.717, 1.165) is 12.8 Å². The monoisotopic (exact) mass is 269 g/mol. The fourth-order valence-corrected chi connectivity index (χ4v) is 1.41. The van der Waals surface area contributed by atoms with Crippen molar-refractivity contribution >= 4 is 17.9 Å². The smallest absolute Gasteiger partial charge is 0.326 e. The Morgan fingerprint density at radius 1 is 1.37 bits per heavy atom. The first-order chi connectivity index (χ1) is 9.02. The molecule has 3 amide bonds. The number of urea groups is 1. The Bertz CT molecular complexity index is 366. The third-order valence-corrected chi connectivity index (χ3v) is 2.59. The van der Waals surface area contributed by atoms with Gasteiger partial charge in [-0.25, -0.2) is 9.59 Å². The van der Waals surface area contributed by atoms with E-state index >= 15 is 0 Å². The lowest BCUT2D eigenvalue weighted by Gasteiger charge is -2.13. The largest absolute Gasteiger partial charge is 0.480 e. The van der Waals surface area contributed by atoms with E-state index < -0.39 is 18.0 Å². The minimum Gasteiger partial charge on any atom is -0.480 e. The third-order valence-electron chi connectivity index (χ3n) is 2.59. The lowest BCUT2D eigenvalue weighted by molar-refractivity contribution is -0.139. The molecule has 106 valence electrons. The summed E-state index contributed by atoms with van der Waals surface area (Å²) in [5, 5.41) is 16.3. The van der Waals surface area contributed by atoms with Crippen molar-refractivity contribution in [2.45, 2.75) is 37.8 Å². The van der Waals surface area contributed by atoms with Gasteiger partial charge in [-0.05, 0) is 19.3 Å². The maximum atomic E-state index is 11.4. The Balaban J connectivity index is 2.16. The molecule has 1 unspecified atom stereocenters. The van der Waals surface area contributed by atoms with Crippen LogP contribution >= 0.6 is 0 Å². The molecule has 0 saturated heterocycles. The minimum atomic E-state index is -1.12. The van der Waals surface area contributed by atoms with Crippen LogP contribution in [0.15, 0.2) is 12.7 Å². The van der Waals surface area contributed by atoms with Crippen LogP contribution in [0, 0.1) is 0 Å². The second kappa shape index (κ2) is 7.40. The van der Waals surface area contributed by atoms with Gasteiger partial charge in [0, 0.05) is 19.0 Å². The van der Waals surface area contributed by atoms with Crippen molar-refractivity contribution in [2.75, 3.05) is 6.54 Å². The fourth-order valence-electron chi connectivity index (χ4n) is 1.41. The van der Waals surface area contributed by atoms with Crippen LogP contribution in [0.4, 0.5) is 4.79 Å². The molecule has 0 spiro atoms. The average molecular weight is 269 g/mol. The molecule has 7 nitrogen and oxygen atoms in total. The van der Waals surface area contributed by atoms with Gasteiger partial charge in [0.1, 0.15) is 6.04 Å². The first-order valence-corrected chi connectivity index (χ1v) is 6.20. The van der Waals surface area contributed by atoms with E-state index in [4.69, 9.17) is 5.11 Å². The van der Waals surface area contributed by atoms with Crippen molar-refractivity contribution in [1.29, 1.82) is 0 Å². The topological polar surface area (TPSA) is 108 Å². The van der Waals surface area contributed by atoms with Crippen molar-refractivity contribution in [1.82, 2.24) is 16.0 Å². The van der Waals surface area contributed by atoms with Crippen LogP contribution in [-0.2, 0) is 9.59 Å². The van der Waals surface area contributed by atoms with E-state index in [1.54, 1.807) is 0 Å². The Labute approximate surface area is 111 Å². The van der Waals surface area contributed by atoms with Gasteiger partial charge in [-0.2, -0.15) is 0 Å². The molecule has 0 aromatic heterocycles. The zero-order chi connectivity index (χ0) is 14.3. The van der Waals surface area contributed by atoms with Crippen molar-refractivity contribution in [3.8, 4) is 0 Å². The summed E-state index contributed by atoms with van der Waals surface area (Å²) in [6.07, 6.45) is 3.78. The molecule has 0 bridgehead atoms. The molecule has 0 aliphatic heterocycles. The molecule has 4 N–H and O–H groups in total. The highest BCUT2D eigenvalue weighted by Gasteiger charge is 2.23. The Kier molecular flexibility index (Phi) is 5.84. The zero-order valence-electron chi connectivity index (χ0n) is 10.6. The van der Waals surface area contributed by atoms with Gasteiger partial charge in [-0.1, -0.05) is 6.08 Å². The molecule has 0 aromatic carbocycles. The second-order valence-corrected chi connectivity index (χ2v) is 4.41. The summed E-state index contributed by atoms with van der Waals surface area (Å²) in [5.41, 5.74) is 0. The first-order valence-electron chi connectivity index (χ1n) is 6.20. The van der Waals surface area contributed by atoms with Crippen LogP contribution in [0.2, 0.25) is 0 Å². The molecule has 19 heavy (non-hydrogen) atoms. The number of hydrogen-bond acceptors (Lipinski definition) is 3. The number of nitrogens with one attached hydrogen (secondary N) is 3. The Morgan fingerprint density at radius 2 is 2.05 bits per heavy atom. The van der Waals surface area contributed by atoms with Crippen molar-refractivity contribution in [3.05, 3.63) is 12.7 Å². The van der Waals surface area contributed by atoms with Gasteiger partial charge in [-0.3, -0.25) is 4.79 Å². The highest BCUT2D eigenvalue weighted by Crippen LogP contribution is 2.18. The molecule has 1 fully saturated rings. The van der Waals surface area contributed by atoms with E-state index in [1.165, 1.54) is 6.08 Å². The maximum Gasteiger partial charge on any atom is 0.326 e. The van der Waals surface area contributed by atoms with Gasteiger partial charge in [-0.15, -0.1) is 6.58 Å². The summed E-state index contributed by atoms with van der Waals surface area (Å²) in [7, 11) is 0. The molecule has 0 radical (unpaired) electrons. The quantitative estimate of drug-likeness (QED) is 0.464. The van der Waals surface area contributed by atoms with Crippen LogP contribution < -0.4 is 16.0 Å². The van der Waals surface area contributed by atoms with Crippen molar-refractivity contribution in [3.63, 3.8) is 0 Å². The number of carbonyl (C=O) groups excluding carboxylic acids is 2. The summed E-state index contributed by atoms with van der Waals surface area (Å²) in [5.74, 6) is -1.23. The Hall–Kier alpha value is -2.05. The molecule has 1 rings (SSSR count). The molecule has 1 aliphatic carbocycles. The van der Waals surface area contributed by atoms with E-state index in [9.17, 15) is 14.4 Å². The normalized spacial score (nSPS) is 15.2. The standard InChI is InChI=1S/C12H19N3O4/c1-2-3-9(11(17)18)15-12(19)13-7-6-10(16)14-8-4-5-8/h2,8-9H,1,3-7H2,(H,14,16)(H,17,18)(H2,13,15,19). The predicted molar refractivity (Wildman–Crippen MR) is 68.6 cm³/mol. The van der Waals surface area contributed by atoms with Crippen LogP contribution in [0.3, 0.4) is 0 Å². The van der Waals surface area contributed by atoms with E-state index in [1.807, 2.05) is 0 Å². The number of carboxylic acids is 1. The van der Waals surface area contributed by atoms with Crippen LogP contribution in [-0.4, -0.2) is 41.6 Å². The molecule has 1 aliphatic rings. The molecule has 0 heterocycles. The summed E-state index contributed by atoms with van der Waals surface area (Å²) < 4.78 is 0. The minimum absolute atomic E-state index is 0.108. The summed E-state index contributed by atoms with van der Waals surface area (Å²) in [6, 6.07) is -1.31. The lowest BCUT2D eigenvalue weighted by atomic mass is 10.2. The first kappa shape index (κ1) is 15.0. The van der Waals surface area contributed by atoms with E-state index in [0.29, 0.717) is 6.04 Å². The molecule has 1 saturated carbocycles. The van der Waals surface area contributed by atoms with E-state index in [-0.39, 0.29) is 25.3 Å². The van der Waals surface area contributed by atoms with Gasteiger partial charge >= 0.3 is 12.0 Å². The highest BCUT2D eigenvalue weighted by atomic mass is 16.4. The second-order valence-electron chi connectivity index (χ2n) is 4.41. The van der Waals surface area contributed by atoms with Crippen LogP contribution in [0.25, 0.3) is 0 Å². The van der Waals surface area contributed by atoms with Gasteiger partial charge in [0.2, 0.25) is 5.91 Å². The van der Waals surface area contributed by atoms with Crippen LogP contribution in [0.5, 0.6) is 0 Å². The van der Waals surface area contributed by atoms with Gasteiger partial charge < -0.3 is 21.1 Å². The average Bonchev–Trinajstić information content (AvgIpc) is 3.12. The van der Waals surface area contributed by atoms with Crippen molar-refractivity contribution < 1.29 is 19.5 Å². The third kappa shape index (κ3) is 6.44. The summed E-state index contributed by atoms with van der Waals surface area (Å²) >= 11 is 0. The number of carboxylic acid groups (broad SMARTS) is 1. The zero-order valence-corrected chi connectivity index (χ0v) is 10.6. The molecular weight excluding hydrogens is 250 g/mol. The number of rotatable bonds is 8. The van der Waals surface area contributed by atoms with Gasteiger partial charge in [0.15, 0.2) is 0 Å². The van der Waals surface area contributed by atoms with E-state index in [2.05, 4.69) is 22.5 Å². The molecule has 0 aromatic rings. The maximum absolute atomic E-state index is 11.4. The SMILES string of the molecule is C=CCC(NC(=O)NCCC(=O)NC1CC1)C(=O)O. The summed E-state index contributed by atoms with van der Waals surface area (Å²) in [4.78, 5) is 33.5.